The maximum Gasteiger partial charge on any atom is 0.230 e. The monoisotopic (exact) mass is 331 g/mol. The van der Waals surface area contributed by atoms with Crippen LogP contribution in [0.5, 0.6) is 0 Å². The standard InChI is InChI=1S/C18H29N5O/c1-4-17-20-21-18(24-17)12-22(14(2)3)11-16-10-19-13-23(16)15-8-6-5-7-9-15/h10,13-15H,4-9,11-12H2,1-3H3. The highest BCUT2D eigenvalue weighted by atomic mass is 16.4. The molecule has 132 valence electrons. The van der Waals surface area contributed by atoms with Crippen LogP contribution in [-0.2, 0) is 19.5 Å². The van der Waals surface area contributed by atoms with Crippen LogP contribution in [-0.4, -0.2) is 30.7 Å². The molecule has 0 aromatic carbocycles. The first-order chi connectivity index (χ1) is 11.7. The summed E-state index contributed by atoms with van der Waals surface area (Å²) in [6, 6.07) is 1.01. The molecule has 6 heteroatoms. The predicted octanol–water partition coefficient (Wildman–Crippen LogP) is 3.74. The van der Waals surface area contributed by atoms with Crippen LogP contribution in [0.25, 0.3) is 0 Å². The average molecular weight is 331 g/mol. The summed E-state index contributed by atoms with van der Waals surface area (Å²) in [5, 5.41) is 8.24. The molecule has 1 aliphatic rings. The Kier molecular flexibility index (Phi) is 5.66. The van der Waals surface area contributed by atoms with Crippen LogP contribution in [0.15, 0.2) is 16.9 Å². The molecule has 2 aromatic heterocycles. The molecule has 0 unspecified atom stereocenters. The topological polar surface area (TPSA) is 60.0 Å². The molecule has 0 spiro atoms. The zero-order chi connectivity index (χ0) is 16.9. The molecule has 2 heterocycles. The Morgan fingerprint density at radius 3 is 2.58 bits per heavy atom. The second kappa shape index (κ2) is 7.92. The third kappa shape index (κ3) is 4.04. The van der Waals surface area contributed by atoms with Gasteiger partial charge in [-0.2, -0.15) is 0 Å². The predicted molar refractivity (Wildman–Crippen MR) is 92.4 cm³/mol. The molecular weight excluding hydrogens is 302 g/mol. The van der Waals surface area contributed by atoms with Gasteiger partial charge in [0.25, 0.3) is 0 Å². The summed E-state index contributed by atoms with van der Waals surface area (Å²) in [6.07, 6.45) is 11.4. The van der Waals surface area contributed by atoms with Crippen molar-refractivity contribution in [3.63, 3.8) is 0 Å². The number of hydrogen-bond acceptors (Lipinski definition) is 5. The van der Waals surface area contributed by atoms with Crippen LogP contribution < -0.4 is 0 Å². The number of aromatic nitrogens is 4. The van der Waals surface area contributed by atoms with E-state index in [-0.39, 0.29) is 0 Å². The van der Waals surface area contributed by atoms with Crippen LogP contribution >= 0.6 is 0 Å². The van der Waals surface area contributed by atoms with Gasteiger partial charge in [0.05, 0.1) is 18.6 Å². The molecule has 0 radical (unpaired) electrons. The molecule has 0 bridgehead atoms. The molecule has 1 fully saturated rings. The van der Waals surface area contributed by atoms with Crippen LogP contribution in [0, 0.1) is 0 Å². The molecule has 0 N–H and O–H groups in total. The molecule has 0 saturated heterocycles. The third-order valence-electron chi connectivity index (χ3n) is 4.96. The second-order valence-corrected chi connectivity index (χ2v) is 7.03. The number of imidazole rings is 1. The van der Waals surface area contributed by atoms with Gasteiger partial charge in [-0.15, -0.1) is 10.2 Å². The number of aryl methyl sites for hydroxylation is 1. The van der Waals surface area contributed by atoms with Crippen LogP contribution in [0.4, 0.5) is 0 Å². The van der Waals surface area contributed by atoms with Crippen molar-refractivity contribution < 1.29 is 4.42 Å². The van der Waals surface area contributed by atoms with Crippen molar-refractivity contribution in [3.05, 3.63) is 30.0 Å². The Morgan fingerprint density at radius 2 is 1.92 bits per heavy atom. The van der Waals surface area contributed by atoms with Crippen LogP contribution in [0.2, 0.25) is 0 Å². The van der Waals surface area contributed by atoms with E-state index in [0.717, 1.165) is 13.0 Å². The first-order valence-electron chi connectivity index (χ1n) is 9.23. The van der Waals surface area contributed by atoms with E-state index in [0.29, 0.717) is 30.4 Å². The fourth-order valence-corrected chi connectivity index (χ4v) is 3.44. The van der Waals surface area contributed by atoms with Crippen LogP contribution in [0.3, 0.4) is 0 Å². The van der Waals surface area contributed by atoms with E-state index < -0.39 is 0 Å². The van der Waals surface area contributed by atoms with E-state index in [1.165, 1.54) is 37.8 Å². The molecule has 24 heavy (non-hydrogen) atoms. The van der Waals surface area contributed by atoms with E-state index in [9.17, 15) is 0 Å². The number of hydrogen-bond donors (Lipinski definition) is 0. The average Bonchev–Trinajstić information content (AvgIpc) is 3.24. The summed E-state index contributed by atoms with van der Waals surface area (Å²) in [7, 11) is 0. The highest BCUT2D eigenvalue weighted by molar-refractivity contribution is 5.02. The summed E-state index contributed by atoms with van der Waals surface area (Å²) in [5.74, 6) is 1.41. The highest BCUT2D eigenvalue weighted by Crippen LogP contribution is 2.29. The van der Waals surface area contributed by atoms with E-state index in [1.54, 1.807) is 0 Å². The molecule has 0 aliphatic heterocycles. The lowest BCUT2D eigenvalue weighted by atomic mass is 9.95. The van der Waals surface area contributed by atoms with Crippen molar-refractivity contribution in [2.24, 2.45) is 0 Å². The van der Waals surface area contributed by atoms with Gasteiger partial charge in [-0.05, 0) is 26.7 Å². The Hall–Kier alpha value is -1.69. The van der Waals surface area contributed by atoms with Crippen LogP contribution in [0.1, 0.15) is 76.4 Å². The normalized spacial score (nSPS) is 16.4. The highest BCUT2D eigenvalue weighted by Gasteiger charge is 2.21. The molecule has 1 saturated carbocycles. The quantitative estimate of drug-likeness (QED) is 0.773. The summed E-state index contributed by atoms with van der Waals surface area (Å²) in [5.41, 5.74) is 1.28. The summed E-state index contributed by atoms with van der Waals surface area (Å²) in [6.45, 7) is 7.98. The van der Waals surface area contributed by atoms with Gasteiger partial charge in [0.1, 0.15) is 0 Å². The summed E-state index contributed by atoms with van der Waals surface area (Å²) >= 11 is 0. The Morgan fingerprint density at radius 1 is 1.17 bits per heavy atom. The number of nitrogens with zero attached hydrogens (tertiary/aromatic N) is 5. The molecule has 3 rings (SSSR count). The largest absolute Gasteiger partial charge is 0.424 e. The minimum atomic E-state index is 0.400. The number of rotatable bonds is 7. The zero-order valence-corrected chi connectivity index (χ0v) is 15.1. The lowest BCUT2D eigenvalue weighted by Gasteiger charge is -2.28. The smallest absolute Gasteiger partial charge is 0.230 e. The van der Waals surface area contributed by atoms with E-state index in [4.69, 9.17) is 4.42 Å². The maximum absolute atomic E-state index is 5.69. The van der Waals surface area contributed by atoms with E-state index in [1.807, 2.05) is 19.4 Å². The minimum Gasteiger partial charge on any atom is -0.424 e. The van der Waals surface area contributed by atoms with Crippen molar-refractivity contribution in [3.8, 4) is 0 Å². The van der Waals surface area contributed by atoms with Gasteiger partial charge in [0.2, 0.25) is 11.8 Å². The lowest BCUT2D eigenvalue weighted by molar-refractivity contribution is 0.175. The van der Waals surface area contributed by atoms with E-state index >= 15 is 0 Å². The van der Waals surface area contributed by atoms with E-state index in [2.05, 4.69) is 38.5 Å². The molecule has 2 aromatic rings. The SMILES string of the molecule is CCc1nnc(CN(Cc2cncn2C2CCCCC2)C(C)C)o1. The van der Waals surface area contributed by atoms with Crippen molar-refractivity contribution in [2.45, 2.75) is 84.5 Å². The Labute approximate surface area is 144 Å². The van der Waals surface area contributed by atoms with Crippen molar-refractivity contribution >= 4 is 0 Å². The Balaban J connectivity index is 1.70. The Bertz CT molecular complexity index is 627. The van der Waals surface area contributed by atoms with Crippen molar-refractivity contribution in [1.29, 1.82) is 0 Å². The molecule has 0 atom stereocenters. The molecule has 1 aliphatic carbocycles. The second-order valence-electron chi connectivity index (χ2n) is 7.03. The van der Waals surface area contributed by atoms with Gasteiger partial charge in [0, 0.05) is 31.2 Å². The lowest BCUT2D eigenvalue weighted by Crippen LogP contribution is -2.31. The first kappa shape index (κ1) is 17.1. The minimum absolute atomic E-state index is 0.400. The third-order valence-corrected chi connectivity index (χ3v) is 4.96. The zero-order valence-electron chi connectivity index (χ0n) is 15.1. The van der Waals surface area contributed by atoms with Crippen molar-refractivity contribution in [2.75, 3.05) is 0 Å². The van der Waals surface area contributed by atoms with Crippen molar-refractivity contribution in [1.82, 2.24) is 24.6 Å². The summed E-state index contributed by atoms with van der Waals surface area (Å²) in [4.78, 5) is 6.78. The first-order valence-corrected chi connectivity index (χ1v) is 9.23. The van der Waals surface area contributed by atoms with Gasteiger partial charge in [0.15, 0.2) is 0 Å². The fourth-order valence-electron chi connectivity index (χ4n) is 3.44. The van der Waals surface area contributed by atoms with Gasteiger partial charge in [-0.3, -0.25) is 4.90 Å². The molecule has 6 nitrogen and oxygen atoms in total. The fraction of sp³-hybridized carbons (Fsp3) is 0.722. The summed E-state index contributed by atoms with van der Waals surface area (Å²) < 4.78 is 8.08. The van der Waals surface area contributed by atoms with Gasteiger partial charge in [-0.1, -0.05) is 26.2 Å². The molecular formula is C18H29N5O. The molecule has 0 amide bonds. The van der Waals surface area contributed by atoms with Gasteiger partial charge >= 0.3 is 0 Å². The van der Waals surface area contributed by atoms with Gasteiger partial charge < -0.3 is 8.98 Å². The van der Waals surface area contributed by atoms with Gasteiger partial charge in [-0.25, -0.2) is 4.98 Å². The maximum atomic E-state index is 5.69.